The summed E-state index contributed by atoms with van der Waals surface area (Å²) in [5, 5.41) is 7.90. The minimum Gasteiger partial charge on any atom is -0.497 e. The van der Waals surface area contributed by atoms with Crippen molar-refractivity contribution in [3.05, 3.63) is 95.1 Å². The molecule has 0 aliphatic rings. The summed E-state index contributed by atoms with van der Waals surface area (Å²) in [5.41, 5.74) is 7.00. The van der Waals surface area contributed by atoms with Gasteiger partial charge in [0, 0.05) is 11.1 Å². The second-order valence-electron chi connectivity index (χ2n) is 6.53. The third kappa shape index (κ3) is 6.27. The molecule has 0 spiro atoms. The van der Waals surface area contributed by atoms with Crippen LogP contribution in [0.1, 0.15) is 31.8 Å². The molecule has 0 atom stereocenters. The van der Waals surface area contributed by atoms with Gasteiger partial charge in [-0.15, -0.1) is 0 Å². The molecular weight excluding hydrogens is 408 g/mol. The number of nitrogens with zero attached hydrogens (tertiary/aromatic N) is 2. The fourth-order valence-electron chi connectivity index (χ4n) is 2.71. The van der Waals surface area contributed by atoms with Crippen molar-refractivity contribution >= 4 is 24.2 Å². The Morgan fingerprint density at radius 1 is 0.688 bits per heavy atom. The van der Waals surface area contributed by atoms with Crippen molar-refractivity contribution in [2.75, 3.05) is 14.2 Å². The number of ether oxygens (including phenoxy) is 2. The molecule has 3 rings (SSSR count). The van der Waals surface area contributed by atoms with Crippen molar-refractivity contribution in [3.63, 3.8) is 0 Å². The molecular formula is C24H22N4O4. The number of carbonyl (C=O) groups is 2. The fourth-order valence-corrected chi connectivity index (χ4v) is 2.71. The highest BCUT2D eigenvalue weighted by molar-refractivity contribution is 6.00. The predicted octanol–water partition coefficient (Wildman–Crippen LogP) is 3.23. The highest BCUT2D eigenvalue weighted by Crippen LogP contribution is 2.12. The van der Waals surface area contributed by atoms with Gasteiger partial charge in [0.25, 0.3) is 11.8 Å². The molecule has 0 heterocycles. The number of hydrogen-bond acceptors (Lipinski definition) is 6. The van der Waals surface area contributed by atoms with Crippen molar-refractivity contribution in [1.29, 1.82) is 0 Å². The molecule has 3 aromatic rings. The molecule has 2 N–H and O–H groups in total. The van der Waals surface area contributed by atoms with Gasteiger partial charge in [-0.05, 0) is 53.6 Å². The predicted molar refractivity (Wildman–Crippen MR) is 123 cm³/mol. The smallest absolute Gasteiger partial charge is 0.271 e. The quantitative estimate of drug-likeness (QED) is 0.423. The van der Waals surface area contributed by atoms with Crippen LogP contribution in [-0.4, -0.2) is 38.5 Å². The van der Waals surface area contributed by atoms with E-state index >= 15 is 0 Å². The summed E-state index contributed by atoms with van der Waals surface area (Å²) in [6.45, 7) is 0. The highest BCUT2D eigenvalue weighted by atomic mass is 16.5. The third-order valence-corrected chi connectivity index (χ3v) is 4.33. The molecule has 0 bridgehead atoms. The van der Waals surface area contributed by atoms with Gasteiger partial charge >= 0.3 is 0 Å². The van der Waals surface area contributed by atoms with Crippen LogP contribution in [-0.2, 0) is 0 Å². The van der Waals surface area contributed by atoms with E-state index in [-0.39, 0.29) is 11.1 Å². The summed E-state index contributed by atoms with van der Waals surface area (Å²) >= 11 is 0. The van der Waals surface area contributed by atoms with E-state index in [9.17, 15) is 9.59 Å². The van der Waals surface area contributed by atoms with Gasteiger partial charge in [-0.1, -0.05) is 30.3 Å². The Hall–Kier alpha value is -4.46. The molecule has 2 amide bonds. The van der Waals surface area contributed by atoms with Gasteiger partial charge < -0.3 is 9.47 Å². The van der Waals surface area contributed by atoms with Gasteiger partial charge in [-0.2, -0.15) is 10.2 Å². The van der Waals surface area contributed by atoms with Crippen LogP contribution in [0.25, 0.3) is 0 Å². The Labute approximate surface area is 185 Å². The average Bonchev–Trinajstić information content (AvgIpc) is 2.84. The number of benzene rings is 3. The van der Waals surface area contributed by atoms with Crippen LogP contribution in [0.2, 0.25) is 0 Å². The van der Waals surface area contributed by atoms with E-state index in [4.69, 9.17) is 9.47 Å². The number of hydrazone groups is 2. The molecule has 0 aliphatic heterocycles. The number of nitrogens with one attached hydrogen (secondary N) is 2. The first-order chi connectivity index (χ1) is 15.6. The summed E-state index contributed by atoms with van der Waals surface area (Å²) in [5.74, 6) is 0.485. The molecule has 32 heavy (non-hydrogen) atoms. The molecule has 162 valence electrons. The molecule has 0 radical (unpaired) electrons. The van der Waals surface area contributed by atoms with Crippen LogP contribution >= 0.6 is 0 Å². The summed E-state index contributed by atoms with van der Waals surface area (Å²) in [7, 11) is 3.15. The highest BCUT2D eigenvalue weighted by Gasteiger charge is 2.09. The summed E-state index contributed by atoms with van der Waals surface area (Å²) in [4.78, 5) is 24.7. The first kappa shape index (κ1) is 22.2. The van der Waals surface area contributed by atoms with Crippen LogP contribution in [0.5, 0.6) is 11.5 Å². The summed E-state index contributed by atoms with van der Waals surface area (Å²) in [6.07, 6.45) is 3.01. The van der Waals surface area contributed by atoms with E-state index in [2.05, 4.69) is 21.1 Å². The van der Waals surface area contributed by atoms with Crippen LogP contribution < -0.4 is 20.3 Å². The zero-order valence-electron chi connectivity index (χ0n) is 17.6. The van der Waals surface area contributed by atoms with E-state index in [1.54, 1.807) is 44.6 Å². The van der Waals surface area contributed by atoms with Gasteiger partial charge in [0.2, 0.25) is 0 Å². The van der Waals surface area contributed by atoms with Gasteiger partial charge in [0.05, 0.1) is 26.6 Å². The number of rotatable bonds is 8. The lowest BCUT2D eigenvalue weighted by Gasteiger charge is -2.04. The second-order valence-corrected chi connectivity index (χ2v) is 6.53. The van der Waals surface area contributed by atoms with Crippen molar-refractivity contribution in [1.82, 2.24) is 10.9 Å². The molecule has 3 aromatic carbocycles. The van der Waals surface area contributed by atoms with Gasteiger partial charge in [-0.3, -0.25) is 9.59 Å². The first-order valence-corrected chi connectivity index (χ1v) is 9.64. The van der Waals surface area contributed by atoms with Crippen molar-refractivity contribution in [3.8, 4) is 11.5 Å². The molecule has 0 saturated carbocycles. The minimum absolute atomic E-state index is 0.289. The lowest BCUT2D eigenvalue weighted by Crippen LogP contribution is -2.20. The van der Waals surface area contributed by atoms with Crippen molar-refractivity contribution < 1.29 is 19.1 Å². The maximum Gasteiger partial charge on any atom is 0.271 e. The maximum absolute atomic E-state index is 12.4. The van der Waals surface area contributed by atoms with Crippen LogP contribution in [0, 0.1) is 0 Å². The molecule has 0 aromatic heterocycles. The summed E-state index contributed by atoms with van der Waals surface area (Å²) < 4.78 is 10.3. The lowest BCUT2D eigenvalue weighted by molar-refractivity contribution is 0.0954. The van der Waals surface area contributed by atoms with Crippen molar-refractivity contribution in [2.45, 2.75) is 0 Å². The summed E-state index contributed by atoms with van der Waals surface area (Å²) in [6, 6.07) is 20.7. The van der Waals surface area contributed by atoms with E-state index in [1.165, 1.54) is 18.5 Å². The molecule has 0 unspecified atom stereocenters. The zero-order chi connectivity index (χ0) is 22.8. The Morgan fingerprint density at radius 3 is 1.56 bits per heavy atom. The van der Waals surface area contributed by atoms with Gasteiger partial charge in [0.1, 0.15) is 11.5 Å². The van der Waals surface area contributed by atoms with Crippen LogP contribution in [0.4, 0.5) is 0 Å². The Kier molecular flexibility index (Phi) is 7.69. The number of amides is 2. The van der Waals surface area contributed by atoms with E-state index < -0.39 is 11.8 Å². The Bertz CT molecular complexity index is 1070. The Morgan fingerprint density at radius 2 is 1.12 bits per heavy atom. The van der Waals surface area contributed by atoms with Crippen LogP contribution in [0.15, 0.2) is 83.0 Å². The zero-order valence-corrected chi connectivity index (χ0v) is 17.6. The lowest BCUT2D eigenvalue weighted by atomic mass is 10.1. The molecule has 8 nitrogen and oxygen atoms in total. The number of carbonyl (C=O) groups excluding carboxylic acids is 2. The monoisotopic (exact) mass is 430 g/mol. The average molecular weight is 430 g/mol. The van der Waals surface area contributed by atoms with E-state index in [0.717, 1.165) is 11.1 Å². The van der Waals surface area contributed by atoms with E-state index in [0.29, 0.717) is 11.5 Å². The first-order valence-electron chi connectivity index (χ1n) is 9.64. The topological polar surface area (TPSA) is 101 Å². The van der Waals surface area contributed by atoms with Crippen molar-refractivity contribution in [2.24, 2.45) is 10.2 Å². The number of methoxy groups -OCH3 is 2. The van der Waals surface area contributed by atoms with Gasteiger partial charge in [-0.25, -0.2) is 10.9 Å². The largest absolute Gasteiger partial charge is 0.497 e. The van der Waals surface area contributed by atoms with Gasteiger partial charge in [0.15, 0.2) is 0 Å². The Balaban J connectivity index is 1.59. The molecule has 0 saturated heterocycles. The third-order valence-electron chi connectivity index (χ3n) is 4.33. The van der Waals surface area contributed by atoms with Crippen LogP contribution in [0.3, 0.4) is 0 Å². The SMILES string of the molecule is COc1cccc(C=NNC(=O)c2cccc(C(=O)NN=Cc3cccc(OC)c3)c2)c1. The second kappa shape index (κ2) is 11.1. The number of hydrogen-bond donors (Lipinski definition) is 2. The normalized spacial score (nSPS) is 10.8. The maximum atomic E-state index is 12.4. The standard InChI is InChI=1S/C24H22N4O4/c1-31-21-10-3-6-17(12-21)15-25-27-23(29)19-8-5-9-20(14-19)24(30)28-26-16-18-7-4-11-22(13-18)32-2/h3-16H,1-2H3,(H,27,29)(H,28,30). The fraction of sp³-hybridized carbons (Fsp3) is 0.0833. The molecule has 0 aliphatic carbocycles. The van der Waals surface area contributed by atoms with E-state index in [1.807, 2.05) is 36.4 Å². The molecule has 8 heteroatoms. The minimum atomic E-state index is -0.446. The molecule has 0 fully saturated rings.